The van der Waals surface area contributed by atoms with Crippen LogP contribution >= 0.6 is 0 Å². The number of furan rings is 1. The molecule has 5 nitrogen and oxygen atoms in total. The van der Waals surface area contributed by atoms with Crippen LogP contribution in [0.5, 0.6) is 0 Å². The van der Waals surface area contributed by atoms with Gasteiger partial charge >= 0.3 is 5.97 Å². The van der Waals surface area contributed by atoms with E-state index in [1.807, 2.05) is 12.1 Å². The van der Waals surface area contributed by atoms with Gasteiger partial charge < -0.3 is 9.52 Å². The highest BCUT2D eigenvalue weighted by Crippen LogP contribution is 2.17. The number of carboxylic acid groups (broad SMARTS) is 1. The van der Waals surface area contributed by atoms with Crippen molar-refractivity contribution in [1.82, 2.24) is 9.88 Å². The number of rotatable bonds is 6. The molecule has 0 aliphatic heterocycles. The number of carbonyl (C=O) groups is 1. The van der Waals surface area contributed by atoms with Gasteiger partial charge in [-0.2, -0.15) is 0 Å². The standard InChI is InChI=1S/C15H18N2O3/c1-3-17(9-12-4-6-16-7-5-12)10-13-8-11(2)14(20-13)15(18)19/h4-8H,3,9-10H2,1-2H3,(H,18,19). The summed E-state index contributed by atoms with van der Waals surface area (Å²) in [6.07, 6.45) is 3.53. The van der Waals surface area contributed by atoms with Crippen molar-refractivity contribution < 1.29 is 14.3 Å². The summed E-state index contributed by atoms with van der Waals surface area (Å²) in [4.78, 5) is 17.1. The predicted octanol–water partition coefficient (Wildman–Crippen LogP) is 2.70. The Morgan fingerprint density at radius 1 is 1.35 bits per heavy atom. The minimum Gasteiger partial charge on any atom is -0.475 e. The first-order valence-electron chi connectivity index (χ1n) is 6.54. The van der Waals surface area contributed by atoms with Gasteiger partial charge in [-0.3, -0.25) is 9.88 Å². The number of nitrogens with zero attached hydrogens (tertiary/aromatic N) is 2. The fourth-order valence-corrected chi connectivity index (χ4v) is 2.08. The lowest BCUT2D eigenvalue weighted by atomic mass is 10.2. The van der Waals surface area contributed by atoms with E-state index >= 15 is 0 Å². The number of aryl methyl sites for hydroxylation is 1. The van der Waals surface area contributed by atoms with Crippen molar-refractivity contribution >= 4 is 5.97 Å². The molecule has 0 spiro atoms. The molecule has 1 N–H and O–H groups in total. The molecule has 2 aromatic heterocycles. The summed E-state index contributed by atoms with van der Waals surface area (Å²) in [5.74, 6) is -0.318. The quantitative estimate of drug-likeness (QED) is 0.877. The fourth-order valence-electron chi connectivity index (χ4n) is 2.08. The Morgan fingerprint density at radius 2 is 2.05 bits per heavy atom. The van der Waals surface area contributed by atoms with Gasteiger partial charge in [0, 0.05) is 24.5 Å². The summed E-state index contributed by atoms with van der Waals surface area (Å²) in [7, 11) is 0. The molecule has 0 saturated heterocycles. The van der Waals surface area contributed by atoms with E-state index in [0.717, 1.165) is 13.1 Å². The van der Waals surface area contributed by atoms with Crippen LogP contribution in [0.25, 0.3) is 0 Å². The highest BCUT2D eigenvalue weighted by atomic mass is 16.4. The van der Waals surface area contributed by atoms with E-state index in [9.17, 15) is 4.79 Å². The summed E-state index contributed by atoms with van der Waals surface area (Å²) in [5.41, 5.74) is 1.83. The number of hydrogen-bond acceptors (Lipinski definition) is 4. The summed E-state index contributed by atoms with van der Waals surface area (Å²) in [5, 5.41) is 8.99. The third-order valence-corrected chi connectivity index (χ3v) is 3.15. The molecule has 0 unspecified atom stereocenters. The fraction of sp³-hybridized carbons (Fsp3) is 0.333. The number of pyridine rings is 1. The highest BCUT2D eigenvalue weighted by molar-refractivity contribution is 5.86. The van der Waals surface area contributed by atoms with Crippen LogP contribution in [0.1, 0.15) is 34.4 Å². The van der Waals surface area contributed by atoms with Crippen LogP contribution in [0.2, 0.25) is 0 Å². The second-order valence-electron chi connectivity index (χ2n) is 4.69. The molecular weight excluding hydrogens is 256 g/mol. The Morgan fingerprint density at radius 3 is 2.60 bits per heavy atom. The Balaban J connectivity index is 2.06. The van der Waals surface area contributed by atoms with Gasteiger partial charge in [0.2, 0.25) is 5.76 Å². The molecule has 0 bridgehead atoms. The van der Waals surface area contributed by atoms with Crippen molar-refractivity contribution in [1.29, 1.82) is 0 Å². The summed E-state index contributed by atoms with van der Waals surface area (Å²) < 4.78 is 5.39. The molecule has 0 amide bonds. The Hall–Kier alpha value is -2.14. The lowest BCUT2D eigenvalue weighted by Crippen LogP contribution is -2.22. The number of carboxylic acids is 1. The molecule has 0 saturated carbocycles. The van der Waals surface area contributed by atoms with E-state index < -0.39 is 5.97 Å². The summed E-state index contributed by atoms with van der Waals surface area (Å²) in [6.45, 7) is 6.03. The van der Waals surface area contributed by atoms with Crippen molar-refractivity contribution in [3.05, 3.63) is 53.2 Å². The average Bonchev–Trinajstić information content (AvgIpc) is 2.80. The maximum Gasteiger partial charge on any atom is 0.372 e. The van der Waals surface area contributed by atoms with E-state index in [0.29, 0.717) is 17.9 Å². The molecule has 0 atom stereocenters. The molecule has 2 heterocycles. The van der Waals surface area contributed by atoms with Gasteiger partial charge in [-0.1, -0.05) is 6.92 Å². The zero-order chi connectivity index (χ0) is 14.5. The number of hydrogen-bond donors (Lipinski definition) is 1. The smallest absolute Gasteiger partial charge is 0.372 e. The van der Waals surface area contributed by atoms with Gasteiger partial charge in [-0.05, 0) is 37.2 Å². The first-order chi connectivity index (χ1) is 9.60. The van der Waals surface area contributed by atoms with Gasteiger partial charge in [0.05, 0.1) is 6.54 Å². The van der Waals surface area contributed by atoms with Gasteiger partial charge in [0.25, 0.3) is 0 Å². The Kier molecular flexibility index (Phi) is 4.53. The summed E-state index contributed by atoms with van der Waals surface area (Å²) in [6, 6.07) is 5.73. The average molecular weight is 274 g/mol. The van der Waals surface area contributed by atoms with Crippen LogP contribution in [0, 0.1) is 6.92 Å². The molecule has 106 valence electrons. The molecule has 2 rings (SSSR count). The SMILES string of the molecule is CCN(Cc1ccncc1)Cc1cc(C)c(C(=O)O)o1. The number of aromatic carboxylic acids is 1. The zero-order valence-corrected chi connectivity index (χ0v) is 11.7. The number of aromatic nitrogens is 1. The molecule has 0 aromatic carbocycles. The van der Waals surface area contributed by atoms with E-state index in [2.05, 4.69) is 16.8 Å². The third-order valence-electron chi connectivity index (χ3n) is 3.15. The van der Waals surface area contributed by atoms with E-state index in [1.54, 1.807) is 25.4 Å². The second-order valence-corrected chi connectivity index (χ2v) is 4.69. The maximum absolute atomic E-state index is 11.0. The summed E-state index contributed by atoms with van der Waals surface area (Å²) >= 11 is 0. The second kappa shape index (κ2) is 6.34. The normalized spacial score (nSPS) is 10.9. The van der Waals surface area contributed by atoms with Crippen molar-refractivity contribution in [3.8, 4) is 0 Å². The van der Waals surface area contributed by atoms with Crippen molar-refractivity contribution in [2.75, 3.05) is 6.54 Å². The lowest BCUT2D eigenvalue weighted by Gasteiger charge is -2.18. The zero-order valence-electron chi connectivity index (χ0n) is 11.7. The largest absolute Gasteiger partial charge is 0.475 e. The topological polar surface area (TPSA) is 66.6 Å². The van der Waals surface area contributed by atoms with Crippen LogP contribution in [0.15, 0.2) is 35.0 Å². The molecule has 20 heavy (non-hydrogen) atoms. The lowest BCUT2D eigenvalue weighted by molar-refractivity contribution is 0.0657. The minimum absolute atomic E-state index is 0.0277. The molecule has 0 aliphatic carbocycles. The minimum atomic E-state index is -1.02. The van der Waals surface area contributed by atoms with Gasteiger partial charge in [0.1, 0.15) is 5.76 Å². The van der Waals surface area contributed by atoms with Crippen LogP contribution in [0.4, 0.5) is 0 Å². The van der Waals surface area contributed by atoms with E-state index in [1.165, 1.54) is 5.56 Å². The molecule has 2 aromatic rings. The van der Waals surface area contributed by atoms with Crippen LogP contribution in [-0.2, 0) is 13.1 Å². The first kappa shape index (κ1) is 14.3. The molecular formula is C15H18N2O3. The maximum atomic E-state index is 11.0. The molecule has 0 aliphatic rings. The van der Waals surface area contributed by atoms with Crippen molar-refractivity contribution in [3.63, 3.8) is 0 Å². The Labute approximate surface area is 117 Å². The van der Waals surface area contributed by atoms with Crippen molar-refractivity contribution in [2.24, 2.45) is 0 Å². The molecule has 5 heteroatoms. The highest BCUT2D eigenvalue weighted by Gasteiger charge is 2.16. The predicted molar refractivity (Wildman–Crippen MR) is 74.4 cm³/mol. The van der Waals surface area contributed by atoms with Crippen LogP contribution in [0.3, 0.4) is 0 Å². The van der Waals surface area contributed by atoms with Crippen LogP contribution in [-0.4, -0.2) is 27.5 Å². The van der Waals surface area contributed by atoms with Crippen molar-refractivity contribution in [2.45, 2.75) is 26.9 Å². The van der Waals surface area contributed by atoms with Gasteiger partial charge in [-0.25, -0.2) is 4.79 Å². The Bertz CT molecular complexity index is 578. The van der Waals surface area contributed by atoms with E-state index in [-0.39, 0.29) is 5.76 Å². The van der Waals surface area contributed by atoms with Crippen LogP contribution < -0.4 is 0 Å². The third kappa shape index (κ3) is 3.45. The first-order valence-corrected chi connectivity index (χ1v) is 6.54. The van der Waals surface area contributed by atoms with E-state index in [4.69, 9.17) is 9.52 Å². The molecule has 0 fully saturated rings. The van der Waals surface area contributed by atoms with Gasteiger partial charge in [0.15, 0.2) is 0 Å². The molecule has 0 radical (unpaired) electrons. The van der Waals surface area contributed by atoms with Gasteiger partial charge in [-0.15, -0.1) is 0 Å². The monoisotopic (exact) mass is 274 g/mol.